The second-order valence-electron chi connectivity index (χ2n) is 2.83. The summed E-state index contributed by atoms with van der Waals surface area (Å²) in [4.78, 5) is 0. The molecule has 0 bridgehead atoms. The number of H-pyrrole nitrogens is 1. The van der Waals surface area contributed by atoms with E-state index in [2.05, 4.69) is 15.4 Å². The van der Waals surface area contributed by atoms with Crippen molar-refractivity contribution in [3.05, 3.63) is 11.9 Å². The molecule has 1 aromatic heterocycles. The van der Waals surface area contributed by atoms with Crippen LogP contribution in [0.2, 0.25) is 0 Å². The zero-order chi connectivity index (χ0) is 9.90. The normalized spacial score (nSPS) is 14.3. The predicted octanol–water partition coefficient (Wildman–Crippen LogP) is -0.727. The molecule has 0 amide bonds. The Morgan fingerprint density at radius 2 is 2.38 bits per heavy atom. The minimum Gasteiger partial charge on any atom is -0.387 e. The fourth-order valence-corrected chi connectivity index (χ4v) is 1.50. The highest BCUT2D eigenvalue weighted by molar-refractivity contribution is 7.90. The van der Waals surface area contributed by atoms with Gasteiger partial charge in [-0.05, 0) is 6.42 Å². The molecule has 7 heteroatoms. The summed E-state index contributed by atoms with van der Waals surface area (Å²) in [7, 11) is -3.03. The lowest BCUT2D eigenvalue weighted by Crippen LogP contribution is -2.08. The molecule has 0 aliphatic rings. The van der Waals surface area contributed by atoms with Gasteiger partial charge < -0.3 is 5.11 Å². The van der Waals surface area contributed by atoms with Crippen LogP contribution in [0.3, 0.4) is 0 Å². The number of aliphatic hydroxyl groups is 1. The Morgan fingerprint density at radius 3 is 2.85 bits per heavy atom. The molecule has 13 heavy (non-hydrogen) atoms. The van der Waals surface area contributed by atoms with Crippen molar-refractivity contribution in [2.24, 2.45) is 0 Å². The molecule has 1 unspecified atom stereocenters. The van der Waals surface area contributed by atoms with Gasteiger partial charge in [0, 0.05) is 6.26 Å². The van der Waals surface area contributed by atoms with Gasteiger partial charge in [0.15, 0.2) is 0 Å². The van der Waals surface area contributed by atoms with E-state index in [1.54, 1.807) is 0 Å². The van der Waals surface area contributed by atoms with Crippen LogP contribution in [0, 0.1) is 0 Å². The van der Waals surface area contributed by atoms with Crippen LogP contribution >= 0.6 is 0 Å². The number of aromatic nitrogens is 3. The van der Waals surface area contributed by atoms with E-state index in [0.717, 1.165) is 6.26 Å². The second kappa shape index (κ2) is 3.84. The quantitative estimate of drug-likeness (QED) is 0.675. The highest BCUT2D eigenvalue weighted by Gasteiger charge is 2.13. The smallest absolute Gasteiger partial charge is 0.147 e. The maximum atomic E-state index is 10.8. The molecular weight excluding hydrogens is 194 g/mol. The van der Waals surface area contributed by atoms with Gasteiger partial charge in [0.1, 0.15) is 21.6 Å². The number of hydrogen-bond acceptors (Lipinski definition) is 5. The van der Waals surface area contributed by atoms with Crippen LogP contribution in [0.25, 0.3) is 0 Å². The molecule has 0 aliphatic heterocycles. The number of aromatic amines is 1. The third-order valence-electron chi connectivity index (χ3n) is 1.54. The minimum atomic E-state index is -3.03. The number of nitrogens with zero attached hydrogens (tertiary/aromatic N) is 2. The van der Waals surface area contributed by atoms with E-state index in [1.165, 1.54) is 6.20 Å². The van der Waals surface area contributed by atoms with Crippen molar-refractivity contribution in [3.8, 4) is 0 Å². The summed E-state index contributed by atoms with van der Waals surface area (Å²) in [5.74, 6) is -0.0545. The SMILES string of the molecule is CS(=O)(=O)CCC(O)c1cn[nH]n1. The zero-order valence-electron chi connectivity index (χ0n) is 7.14. The third kappa shape index (κ3) is 3.51. The Hall–Kier alpha value is -0.950. The van der Waals surface area contributed by atoms with E-state index >= 15 is 0 Å². The number of sulfone groups is 1. The number of hydrogen-bond donors (Lipinski definition) is 2. The lowest BCUT2D eigenvalue weighted by Gasteiger charge is -2.04. The lowest BCUT2D eigenvalue weighted by atomic mass is 10.2. The van der Waals surface area contributed by atoms with E-state index in [-0.39, 0.29) is 12.2 Å². The van der Waals surface area contributed by atoms with Crippen LogP contribution in [0.15, 0.2) is 6.20 Å². The van der Waals surface area contributed by atoms with Gasteiger partial charge in [-0.2, -0.15) is 15.4 Å². The molecule has 1 rings (SSSR count). The summed E-state index contributed by atoms with van der Waals surface area (Å²) in [6, 6.07) is 0. The number of nitrogens with one attached hydrogen (secondary N) is 1. The highest BCUT2D eigenvalue weighted by Crippen LogP contribution is 2.12. The van der Waals surface area contributed by atoms with Crippen molar-refractivity contribution in [2.45, 2.75) is 12.5 Å². The molecule has 0 fully saturated rings. The molecule has 1 atom stereocenters. The lowest BCUT2D eigenvalue weighted by molar-refractivity contribution is 0.169. The predicted molar refractivity (Wildman–Crippen MR) is 45.7 cm³/mol. The summed E-state index contributed by atoms with van der Waals surface area (Å²) in [5, 5.41) is 18.9. The van der Waals surface area contributed by atoms with Gasteiger partial charge in [-0.3, -0.25) is 0 Å². The van der Waals surface area contributed by atoms with Crippen LogP contribution in [0.1, 0.15) is 18.2 Å². The first-order valence-electron chi connectivity index (χ1n) is 3.70. The van der Waals surface area contributed by atoms with E-state index in [1.807, 2.05) is 0 Å². The Labute approximate surface area is 75.9 Å². The van der Waals surface area contributed by atoms with Crippen molar-refractivity contribution in [1.82, 2.24) is 15.4 Å². The average molecular weight is 205 g/mol. The van der Waals surface area contributed by atoms with Gasteiger partial charge in [-0.25, -0.2) is 8.42 Å². The molecule has 1 aromatic rings. The summed E-state index contributed by atoms with van der Waals surface area (Å²) in [6.45, 7) is 0. The largest absolute Gasteiger partial charge is 0.387 e. The summed E-state index contributed by atoms with van der Waals surface area (Å²) < 4.78 is 21.5. The third-order valence-corrected chi connectivity index (χ3v) is 2.51. The zero-order valence-corrected chi connectivity index (χ0v) is 7.95. The summed E-state index contributed by atoms with van der Waals surface area (Å²) in [5.41, 5.74) is 0.364. The molecule has 0 saturated heterocycles. The van der Waals surface area contributed by atoms with Crippen LogP contribution in [0.5, 0.6) is 0 Å². The van der Waals surface area contributed by atoms with Gasteiger partial charge >= 0.3 is 0 Å². The highest BCUT2D eigenvalue weighted by atomic mass is 32.2. The van der Waals surface area contributed by atoms with Gasteiger partial charge in [0.25, 0.3) is 0 Å². The van der Waals surface area contributed by atoms with Crippen molar-refractivity contribution in [1.29, 1.82) is 0 Å². The molecule has 0 spiro atoms. The van der Waals surface area contributed by atoms with E-state index in [0.29, 0.717) is 5.69 Å². The molecule has 0 radical (unpaired) electrons. The molecule has 2 N–H and O–H groups in total. The van der Waals surface area contributed by atoms with Gasteiger partial charge in [-0.1, -0.05) is 0 Å². The van der Waals surface area contributed by atoms with Gasteiger partial charge in [0.05, 0.1) is 11.9 Å². The Balaban J connectivity index is 2.48. The fraction of sp³-hybridized carbons (Fsp3) is 0.667. The van der Waals surface area contributed by atoms with E-state index in [4.69, 9.17) is 0 Å². The number of aliphatic hydroxyl groups excluding tert-OH is 1. The van der Waals surface area contributed by atoms with E-state index < -0.39 is 15.9 Å². The number of rotatable bonds is 4. The maximum absolute atomic E-state index is 10.8. The average Bonchev–Trinajstić information content (AvgIpc) is 2.50. The molecule has 74 valence electrons. The van der Waals surface area contributed by atoms with Crippen molar-refractivity contribution < 1.29 is 13.5 Å². The Morgan fingerprint density at radius 1 is 1.69 bits per heavy atom. The van der Waals surface area contributed by atoms with Crippen LogP contribution in [-0.2, 0) is 9.84 Å². The second-order valence-corrected chi connectivity index (χ2v) is 5.09. The van der Waals surface area contributed by atoms with Crippen molar-refractivity contribution in [3.63, 3.8) is 0 Å². The topological polar surface area (TPSA) is 95.9 Å². The first-order chi connectivity index (χ1) is 5.99. The summed E-state index contributed by atoms with van der Waals surface area (Å²) in [6.07, 6.45) is 1.77. The monoisotopic (exact) mass is 205 g/mol. The van der Waals surface area contributed by atoms with E-state index in [9.17, 15) is 13.5 Å². The van der Waals surface area contributed by atoms with Gasteiger partial charge in [-0.15, -0.1) is 0 Å². The first kappa shape index (κ1) is 10.1. The van der Waals surface area contributed by atoms with Crippen LogP contribution in [-0.4, -0.2) is 40.9 Å². The summed E-state index contributed by atoms with van der Waals surface area (Å²) >= 11 is 0. The van der Waals surface area contributed by atoms with Gasteiger partial charge in [0.2, 0.25) is 0 Å². The first-order valence-corrected chi connectivity index (χ1v) is 5.76. The molecule has 0 saturated carbocycles. The fourth-order valence-electron chi connectivity index (χ4n) is 0.845. The molecule has 6 nitrogen and oxygen atoms in total. The minimum absolute atomic E-state index is 0.0545. The van der Waals surface area contributed by atoms with Crippen molar-refractivity contribution >= 4 is 9.84 Å². The Kier molecular flexibility index (Phi) is 2.99. The molecule has 0 aromatic carbocycles. The molecular formula is C6H11N3O3S. The maximum Gasteiger partial charge on any atom is 0.147 e. The molecule has 1 heterocycles. The van der Waals surface area contributed by atoms with Crippen LogP contribution in [0.4, 0.5) is 0 Å². The van der Waals surface area contributed by atoms with Crippen LogP contribution < -0.4 is 0 Å². The van der Waals surface area contributed by atoms with Crippen molar-refractivity contribution in [2.75, 3.05) is 12.0 Å². The molecule has 0 aliphatic carbocycles. The Bertz CT molecular complexity index is 345. The standard InChI is InChI=1S/C6H11N3O3S/c1-13(11,12)3-2-6(10)5-4-7-9-8-5/h4,6,10H,2-3H2,1H3,(H,7,8,9).